The number of nitrogens with one attached hydrogen (secondary N) is 4. The first-order valence-electron chi connectivity index (χ1n) is 11.9. The van der Waals surface area contributed by atoms with Gasteiger partial charge in [-0.1, -0.05) is 47.8 Å². The Morgan fingerprint density at radius 3 is 1.78 bits per heavy atom. The molecule has 0 heterocycles. The number of ether oxygens (including phenoxy) is 1. The van der Waals surface area contributed by atoms with Gasteiger partial charge in [0.1, 0.15) is 13.0 Å². The van der Waals surface area contributed by atoms with Crippen LogP contribution in [0.2, 0.25) is 0 Å². The van der Waals surface area contributed by atoms with E-state index in [-0.39, 0.29) is 0 Å². The van der Waals surface area contributed by atoms with Gasteiger partial charge in [0.05, 0.1) is 14.2 Å². The van der Waals surface area contributed by atoms with Gasteiger partial charge in [-0.15, -0.1) is 0 Å². The van der Waals surface area contributed by atoms with Gasteiger partial charge in [-0.05, 0) is 121 Å². The highest BCUT2D eigenvalue weighted by atomic mass is 127. The summed E-state index contributed by atoms with van der Waals surface area (Å²) in [5, 5.41) is 24.6. The molecule has 8 N–H and O–H groups in total. The predicted octanol–water partition coefficient (Wildman–Crippen LogP) is 9.96. The van der Waals surface area contributed by atoms with Crippen molar-refractivity contribution in [1.29, 1.82) is 16.2 Å². The fraction of sp³-hybridized carbons (Fsp3) is 0.185. The number of nitrogen functional groups attached to an aromatic ring is 2. The van der Waals surface area contributed by atoms with Crippen LogP contribution in [-0.2, 0) is 4.74 Å². The van der Waals surface area contributed by atoms with Crippen LogP contribution in [0.5, 0.6) is 0 Å². The molecular weight excluding hydrogens is 953 g/mol. The SMILES string of the molecule is CC(C)(C)OC(=O)Nc1ccc(Br)cc1C(=N)I.N=C(I)c1cc(Br)ccc1N.N=Cc1cc(Br)ccc1N.[2H]CF. The Labute approximate surface area is 293 Å². The summed E-state index contributed by atoms with van der Waals surface area (Å²) in [4.78, 5) is 11.7. The lowest BCUT2D eigenvalue weighted by atomic mass is 10.2. The molecule has 0 aliphatic rings. The third-order valence-corrected chi connectivity index (χ3v) is 6.95. The number of rotatable bonds is 4. The van der Waals surface area contributed by atoms with E-state index < -0.39 is 18.8 Å². The van der Waals surface area contributed by atoms with Crippen LogP contribution in [0.25, 0.3) is 0 Å². The molecule has 3 rings (SSSR count). The van der Waals surface area contributed by atoms with Crippen molar-refractivity contribution in [3.05, 3.63) is 84.7 Å². The second-order valence-electron chi connectivity index (χ2n) is 8.59. The number of hydrogen-bond donors (Lipinski definition) is 6. The maximum absolute atomic E-state index is 11.7. The van der Waals surface area contributed by atoms with Gasteiger partial charge in [-0.3, -0.25) is 20.5 Å². The molecule has 1 amide bonds. The maximum atomic E-state index is 11.7. The molecule has 0 radical (unpaired) electrons. The van der Waals surface area contributed by atoms with Crippen LogP contribution in [0, 0.1) is 16.2 Å². The van der Waals surface area contributed by atoms with Crippen LogP contribution in [-0.4, -0.2) is 32.5 Å². The highest BCUT2D eigenvalue weighted by molar-refractivity contribution is 14.1. The molecule has 8 nitrogen and oxygen atoms in total. The minimum Gasteiger partial charge on any atom is -0.444 e. The molecule has 14 heteroatoms. The maximum Gasteiger partial charge on any atom is 0.412 e. The molecule has 222 valence electrons. The van der Waals surface area contributed by atoms with E-state index in [1.165, 1.54) is 6.21 Å². The highest BCUT2D eigenvalue weighted by Crippen LogP contribution is 2.24. The number of anilines is 3. The van der Waals surface area contributed by atoms with Gasteiger partial charge in [0, 0.05) is 47.7 Å². The monoisotopic (exact) mass is 981 g/mol. The Bertz CT molecular complexity index is 1390. The first-order valence-corrected chi connectivity index (χ1v) is 15.7. The summed E-state index contributed by atoms with van der Waals surface area (Å²) in [5.41, 5.74) is 14.6. The summed E-state index contributed by atoms with van der Waals surface area (Å²) in [6, 6.07) is 16.2. The van der Waals surface area contributed by atoms with E-state index in [9.17, 15) is 9.18 Å². The van der Waals surface area contributed by atoms with Crippen LogP contribution in [0.15, 0.2) is 68.0 Å². The van der Waals surface area contributed by atoms with Crippen LogP contribution in [0.4, 0.5) is 26.2 Å². The lowest BCUT2D eigenvalue weighted by Crippen LogP contribution is -2.27. The molecule has 0 saturated carbocycles. The zero-order chi connectivity index (χ0) is 32.6. The molecule has 0 aromatic heterocycles. The first kappa shape index (κ1) is 37.4. The first-order chi connectivity index (χ1) is 19.4. The molecule has 3 aromatic carbocycles. The van der Waals surface area contributed by atoms with Crippen molar-refractivity contribution < 1.29 is 15.3 Å². The summed E-state index contributed by atoms with van der Waals surface area (Å²) in [6.07, 6.45) is 0.712. The molecule has 0 bridgehead atoms. The van der Waals surface area contributed by atoms with E-state index in [4.69, 9.17) is 33.8 Å². The molecule has 0 unspecified atom stereocenters. The molecule has 41 heavy (non-hydrogen) atoms. The molecule has 0 spiro atoms. The van der Waals surface area contributed by atoms with Crippen LogP contribution >= 0.6 is 93.0 Å². The van der Waals surface area contributed by atoms with Gasteiger partial charge in [0.15, 0.2) is 0 Å². The molecule has 0 aliphatic carbocycles. The van der Waals surface area contributed by atoms with Crippen LogP contribution < -0.4 is 16.8 Å². The van der Waals surface area contributed by atoms with E-state index in [2.05, 4.69) is 53.1 Å². The van der Waals surface area contributed by atoms with E-state index in [1.807, 2.05) is 69.4 Å². The summed E-state index contributed by atoms with van der Waals surface area (Å²) in [7, 11) is -1.00. The highest BCUT2D eigenvalue weighted by Gasteiger charge is 2.17. The Morgan fingerprint density at radius 2 is 1.37 bits per heavy atom. The molecule has 0 atom stereocenters. The third-order valence-electron chi connectivity index (χ3n) is 4.31. The minimum absolute atomic E-state index is 0.347. The number of alkyl halides is 1. The van der Waals surface area contributed by atoms with Gasteiger partial charge in [0.2, 0.25) is 0 Å². The number of carbonyl (C=O) groups is 1. The van der Waals surface area contributed by atoms with Gasteiger partial charge >= 0.3 is 6.09 Å². The van der Waals surface area contributed by atoms with E-state index >= 15 is 0 Å². The van der Waals surface area contributed by atoms with Crippen molar-refractivity contribution in [3.8, 4) is 0 Å². The number of nitrogens with two attached hydrogens (primary N) is 2. The average molecular weight is 984 g/mol. The lowest BCUT2D eigenvalue weighted by molar-refractivity contribution is 0.0636. The summed E-state index contributed by atoms with van der Waals surface area (Å²) >= 11 is 13.8. The number of amides is 1. The Balaban J connectivity index is 0.000000602. The third kappa shape index (κ3) is 16.0. The zero-order valence-corrected chi connectivity index (χ0v) is 31.3. The van der Waals surface area contributed by atoms with Crippen LogP contribution in [0.1, 0.15) is 38.8 Å². The number of benzene rings is 3. The van der Waals surface area contributed by atoms with Gasteiger partial charge in [-0.2, -0.15) is 0 Å². The molecule has 0 aliphatic heterocycles. The fourth-order valence-electron chi connectivity index (χ4n) is 2.61. The van der Waals surface area contributed by atoms with Gasteiger partial charge < -0.3 is 21.6 Å². The van der Waals surface area contributed by atoms with Gasteiger partial charge in [-0.25, -0.2) is 4.79 Å². The van der Waals surface area contributed by atoms with Crippen molar-refractivity contribution in [2.75, 3.05) is 23.9 Å². The summed E-state index contributed by atoms with van der Waals surface area (Å²) in [6.45, 7) is 5.40. The molecule has 0 saturated heterocycles. The van der Waals surface area contributed by atoms with Crippen molar-refractivity contribution >= 4 is 130 Å². The van der Waals surface area contributed by atoms with Gasteiger partial charge in [0.25, 0.3) is 0 Å². The zero-order valence-electron chi connectivity index (χ0n) is 23.2. The predicted molar refractivity (Wildman–Crippen MR) is 198 cm³/mol. The smallest absolute Gasteiger partial charge is 0.412 e. The normalized spacial score (nSPS) is 10.1. The topological polar surface area (TPSA) is 162 Å². The standard InChI is InChI=1S/C12H14BrIN2O2.C7H6BrIN2.C7H7BrN2.CH3F/c1-12(2,3)18-11(17)16-9-5-4-7(13)6-8(9)10(14)15;8-4-1-2-6(10)5(3-4)7(9)11;8-6-1-2-7(10)5(3-6)4-9;1-2/h4-6,15H,1-3H3,(H,16,17);1-3,11H,10H2;1-4,9H,10H2;1H3/i;;;1D. The second kappa shape index (κ2) is 19.5. The van der Waals surface area contributed by atoms with Crippen molar-refractivity contribution in [2.24, 2.45) is 0 Å². The van der Waals surface area contributed by atoms with Crippen molar-refractivity contribution in [3.63, 3.8) is 0 Å². The number of carbonyl (C=O) groups excluding carboxylic acids is 1. The van der Waals surface area contributed by atoms with E-state index in [0.717, 1.165) is 24.5 Å². The summed E-state index contributed by atoms with van der Waals surface area (Å²) in [5.74, 6) is 0. The largest absolute Gasteiger partial charge is 0.444 e. The minimum atomic E-state index is -1.00. The van der Waals surface area contributed by atoms with Crippen molar-refractivity contribution in [2.45, 2.75) is 26.4 Å². The lowest BCUT2D eigenvalue weighted by Gasteiger charge is -2.20. The van der Waals surface area contributed by atoms with Crippen LogP contribution in [0.3, 0.4) is 0 Å². The Hall–Kier alpha value is -1.63. The van der Waals surface area contributed by atoms with E-state index in [0.29, 0.717) is 30.1 Å². The number of halogens is 6. The fourth-order valence-corrected chi connectivity index (χ4v) is 4.62. The number of hydrogen-bond acceptors (Lipinski definition) is 7. The summed E-state index contributed by atoms with van der Waals surface area (Å²) < 4.78 is 24.2. The Morgan fingerprint density at radius 1 is 0.927 bits per heavy atom. The second-order valence-corrected chi connectivity index (χ2v) is 13.5. The average Bonchev–Trinajstić information content (AvgIpc) is 2.88. The quantitative estimate of drug-likeness (QED) is 0.0873. The van der Waals surface area contributed by atoms with Crippen molar-refractivity contribution in [1.82, 2.24) is 0 Å². The molecule has 3 aromatic rings. The Kier molecular flexibility index (Phi) is 17.8. The van der Waals surface area contributed by atoms with E-state index in [1.54, 1.807) is 51.1 Å². The molecule has 0 fully saturated rings. The molecular formula is C27H30Br3FI2N6O2.